The monoisotopic (exact) mass is 464 g/mol. The zero-order valence-corrected chi connectivity index (χ0v) is 17.6. The van der Waals surface area contributed by atoms with Gasteiger partial charge in [-0.1, -0.05) is 0 Å². The maximum atomic E-state index is 13.1. The fraction of sp³-hybridized carbons (Fsp3) is 0.227. The summed E-state index contributed by atoms with van der Waals surface area (Å²) in [6.07, 6.45) is 1.46. The first kappa shape index (κ1) is 23.6. The minimum absolute atomic E-state index is 0.0947. The van der Waals surface area contributed by atoms with Gasteiger partial charge in [-0.2, -0.15) is 8.78 Å². The van der Waals surface area contributed by atoms with Crippen LogP contribution in [0.2, 0.25) is 0 Å². The molecule has 1 amide bonds. The molecule has 0 aliphatic carbocycles. The molecule has 0 radical (unpaired) electrons. The fourth-order valence-electron chi connectivity index (χ4n) is 2.90. The van der Waals surface area contributed by atoms with Crippen molar-refractivity contribution in [2.45, 2.75) is 19.5 Å². The second kappa shape index (κ2) is 10.5. The molecule has 1 heterocycles. The third-order valence-corrected chi connectivity index (χ3v) is 4.45. The van der Waals surface area contributed by atoms with Crippen molar-refractivity contribution < 1.29 is 41.4 Å². The molecule has 8 nitrogen and oxygen atoms in total. The number of anilines is 1. The highest BCUT2D eigenvalue weighted by Gasteiger charge is 2.21. The van der Waals surface area contributed by atoms with E-state index >= 15 is 0 Å². The summed E-state index contributed by atoms with van der Waals surface area (Å²) in [5.41, 5.74) is 0.411. The first-order valence-corrected chi connectivity index (χ1v) is 9.56. The molecule has 0 fully saturated rings. The van der Waals surface area contributed by atoms with Crippen molar-refractivity contribution in [3.63, 3.8) is 0 Å². The van der Waals surface area contributed by atoms with Gasteiger partial charge in [-0.25, -0.2) is 14.2 Å². The number of ether oxygens (including phenoxy) is 3. The fourth-order valence-corrected chi connectivity index (χ4v) is 2.90. The Morgan fingerprint density at radius 3 is 2.48 bits per heavy atom. The number of aryl methyl sites for hydroxylation is 1. The lowest BCUT2D eigenvalue weighted by Gasteiger charge is -2.15. The van der Waals surface area contributed by atoms with E-state index in [4.69, 9.17) is 9.15 Å². The molecule has 11 heteroatoms. The molecule has 0 aliphatic heterocycles. The molecule has 0 saturated carbocycles. The number of alkyl halides is 2. The molecule has 3 rings (SSSR count). The van der Waals surface area contributed by atoms with E-state index in [9.17, 15) is 22.8 Å². The quantitative estimate of drug-likeness (QED) is 0.467. The third kappa shape index (κ3) is 6.03. The average molecular weight is 464 g/mol. The predicted molar refractivity (Wildman–Crippen MR) is 110 cm³/mol. The number of methoxy groups -OCH3 is 2. The van der Waals surface area contributed by atoms with Gasteiger partial charge in [0, 0.05) is 30.5 Å². The molecule has 2 aromatic carbocycles. The van der Waals surface area contributed by atoms with E-state index in [1.807, 2.05) is 0 Å². The molecule has 0 aliphatic rings. The SMILES string of the molecule is COC(=O)c1cc(OC)c(OC(F)F)cc1NC(=O)CCc1ncc(-c2ccc(F)cc2)o1. The number of amides is 1. The molecule has 1 N–H and O–H groups in total. The van der Waals surface area contributed by atoms with E-state index in [2.05, 4.69) is 19.8 Å². The molecular formula is C22H19F3N2O6. The zero-order valence-electron chi connectivity index (χ0n) is 17.6. The minimum atomic E-state index is -3.15. The van der Waals surface area contributed by atoms with E-state index in [0.29, 0.717) is 11.3 Å². The number of oxazole rings is 1. The largest absolute Gasteiger partial charge is 0.493 e. The Morgan fingerprint density at radius 2 is 1.85 bits per heavy atom. The number of esters is 1. The average Bonchev–Trinajstić information content (AvgIpc) is 3.26. The van der Waals surface area contributed by atoms with Crippen LogP contribution >= 0.6 is 0 Å². The van der Waals surface area contributed by atoms with Gasteiger partial charge in [0.25, 0.3) is 0 Å². The number of hydrogen-bond donors (Lipinski definition) is 1. The summed E-state index contributed by atoms with van der Waals surface area (Å²) in [6, 6.07) is 7.80. The van der Waals surface area contributed by atoms with Gasteiger partial charge in [-0.3, -0.25) is 4.79 Å². The Kier molecular flexibility index (Phi) is 7.54. The third-order valence-electron chi connectivity index (χ3n) is 4.45. The van der Waals surface area contributed by atoms with Crippen LogP contribution in [-0.2, 0) is 16.0 Å². The Balaban J connectivity index is 1.72. The van der Waals surface area contributed by atoms with Crippen LogP contribution in [0.15, 0.2) is 47.0 Å². The molecule has 33 heavy (non-hydrogen) atoms. The van der Waals surface area contributed by atoms with Crippen molar-refractivity contribution in [3.8, 4) is 22.8 Å². The summed E-state index contributed by atoms with van der Waals surface area (Å²) in [5.74, 6) is -1.59. The topological polar surface area (TPSA) is 99.9 Å². The smallest absolute Gasteiger partial charge is 0.387 e. The van der Waals surface area contributed by atoms with Crippen molar-refractivity contribution in [1.29, 1.82) is 0 Å². The minimum Gasteiger partial charge on any atom is -0.493 e. The van der Waals surface area contributed by atoms with Crippen LogP contribution in [0.3, 0.4) is 0 Å². The molecule has 0 unspecified atom stereocenters. The number of hydrogen-bond acceptors (Lipinski definition) is 7. The van der Waals surface area contributed by atoms with E-state index in [-0.39, 0.29) is 47.3 Å². The lowest BCUT2D eigenvalue weighted by atomic mass is 10.1. The first-order chi connectivity index (χ1) is 15.8. The molecule has 0 spiro atoms. The van der Waals surface area contributed by atoms with Gasteiger partial charge in [0.15, 0.2) is 23.1 Å². The standard InChI is InChI=1S/C22H19F3N2O6/c1-30-16-9-14(21(29)31-2)15(10-17(16)33-22(24)25)27-19(28)7-8-20-26-11-18(32-20)12-3-5-13(23)6-4-12/h3-6,9-11,22H,7-8H2,1-2H3,(H,27,28). The van der Waals surface area contributed by atoms with Crippen LogP contribution < -0.4 is 14.8 Å². The number of nitrogens with one attached hydrogen (secondary N) is 1. The van der Waals surface area contributed by atoms with Crippen molar-refractivity contribution >= 4 is 17.6 Å². The number of nitrogens with zero attached hydrogens (tertiary/aromatic N) is 1. The van der Waals surface area contributed by atoms with Gasteiger partial charge >= 0.3 is 12.6 Å². The summed E-state index contributed by atoms with van der Waals surface area (Å²) in [7, 11) is 2.34. The molecular weight excluding hydrogens is 445 g/mol. The number of benzene rings is 2. The molecule has 0 atom stereocenters. The van der Waals surface area contributed by atoms with Gasteiger partial charge in [0.05, 0.1) is 31.7 Å². The van der Waals surface area contributed by atoms with E-state index in [1.54, 1.807) is 0 Å². The highest BCUT2D eigenvalue weighted by Crippen LogP contribution is 2.35. The molecule has 0 saturated heterocycles. The summed E-state index contributed by atoms with van der Waals surface area (Å²) in [4.78, 5) is 28.6. The van der Waals surface area contributed by atoms with Gasteiger partial charge in [0.2, 0.25) is 5.91 Å². The van der Waals surface area contributed by atoms with Crippen LogP contribution in [0.1, 0.15) is 22.7 Å². The summed E-state index contributed by atoms with van der Waals surface area (Å²) < 4.78 is 58.1. The highest BCUT2D eigenvalue weighted by atomic mass is 19.3. The Hall–Kier alpha value is -4.02. The van der Waals surface area contributed by atoms with Gasteiger partial charge in [-0.15, -0.1) is 0 Å². The Bertz CT molecular complexity index is 1130. The second-order valence-electron chi connectivity index (χ2n) is 6.59. The number of carbonyl (C=O) groups excluding carboxylic acids is 2. The summed E-state index contributed by atoms with van der Waals surface area (Å²) in [6.45, 7) is -3.15. The van der Waals surface area contributed by atoms with E-state index < -0.39 is 18.5 Å². The summed E-state index contributed by atoms with van der Waals surface area (Å²) >= 11 is 0. The van der Waals surface area contributed by atoms with Gasteiger partial charge in [-0.05, 0) is 24.3 Å². The Labute approximate surface area is 186 Å². The zero-order chi connectivity index (χ0) is 24.0. The second-order valence-corrected chi connectivity index (χ2v) is 6.59. The molecule has 0 bridgehead atoms. The summed E-state index contributed by atoms with van der Waals surface area (Å²) in [5, 5.41) is 2.47. The normalized spacial score (nSPS) is 10.7. The number of rotatable bonds is 9. The molecule has 1 aromatic heterocycles. The maximum Gasteiger partial charge on any atom is 0.387 e. The molecule has 3 aromatic rings. The number of aromatic nitrogens is 1. The van der Waals surface area contributed by atoms with E-state index in [0.717, 1.165) is 19.2 Å². The van der Waals surface area contributed by atoms with Crippen LogP contribution in [0, 0.1) is 5.82 Å². The van der Waals surface area contributed by atoms with Crippen molar-refractivity contribution in [2.75, 3.05) is 19.5 Å². The van der Waals surface area contributed by atoms with Crippen molar-refractivity contribution in [2.24, 2.45) is 0 Å². The van der Waals surface area contributed by atoms with Gasteiger partial charge in [0.1, 0.15) is 5.82 Å². The van der Waals surface area contributed by atoms with Crippen LogP contribution in [0.25, 0.3) is 11.3 Å². The lowest BCUT2D eigenvalue weighted by Crippen LogP contribution is -2.16. The van der Waals surface area contributed by atoms with Crippen LogP contribution in [-0.4, -0.2) is 37.7 Å². The Morgan fingerprint density at radius 1 is 1.12 bits per heavy atom. The molecule has 174 valence electrons. The van der Waals surface area contributed by atoms with Crippen molar-refractivity contribution in [1.82, 2.24) is 4.98 Å². The van der Waals surface area contributed by atoms with Crippen molar-refractivity contribution in [3.05, 3.63) is 59.9 Å². The van der Waals surface area contributed by atoms with Crippen LogP contribution in [0.5, 0.6) is 11.5 Å². The van der Waals surface area contributed by atoms with Gasteiger partial charge < -0.3 is 23.9 Å². The first-order valence-electron chi connectivity index (χ1n) is 9.56. The highest BCUT2D eigenvalue weighted by molar-refractivity contribution is 6.02. The number of carbonyl (C=O) groups is 2. The number of halogens is 3. The van der Waals surface area contributed by atoms with E-state index in [1.165, 1.54) is 37.6 Å². The predicted octanol–water partition coefficient (Wildman–Crippen LogP) is 4.45. The van der Waals surface area contributed by atoms with Crippen LogP contribution in [0.4, 0.5) is 18.9 Å². The maximum absolute atomic E-state index is 13.1. The lowest BCUT2D eigenvalue weighted by molar-refractivity contribution is -0.116.